The number of rotatable bonds is 5. The summed E-state index contributed by atoms with van der Waals surface area (Å²) in [7, 11) is 0. The Balaban J connectivity index is 1.57. The number of nitrogens with one attached hydrogen (secondary N) is 1. The minimum Gasteiger partial charge on any atom is -0.394 e. The molecule has 132 valence electrons. The maximum atomic E-state index is 13.3. The molecule has 5 heteroatoms. The summed E-state index contributed by atoms with van der Waals surface area (Å²) in [5, 5.41) is 12.8. The number of nitrogens with zero attached hydrogens (tertiary/aromatic N) is 1. The first-order chi connectivity index (χ1) is 11.6. The normalized spacial score (nSPS) is 24.0. The molecule has 1 aliphatic carbocycles. The molecule has 1 atom stereocenters. The van der Waals surface area contributed by atoms with Crippen LogP contribution < -0.4 is 5.32 Å². The average molecular weight is 334 g/mol. The van der Waals surface area contributed by atoms with E-state index in [0.29, 0.717) is 13.1 Å². The monoisotopic (exact) mass is 334 g/mol. The highest BCUT2D eigenvalue weighted by atomic mass is 19.1. The van der Waals surface area contributed by atoms with Gasteiger partial charge in [0, 0.05) is 13.1 Å². The van der Waals surface area contributed by atoms with Crippen molar-refractivity contribution in [2.75, 3.05) is 19.7 Å². The van der Waals surface area contributed by atoms with Crippen LogP contribution in [0, 0.1) is 11.7 Å². The zero-order chi connectivity index (χ0) is 17.0. The van der Waals surface area contributed by atoms with Crippen molar-refractivity contribution >= 4 is 5.91 Å². The van der Waals surface area contributed by atoms with Gasteiger partial charge >= 0.3 is 0 Å². The summed E-state index contributed by atoms with van der Waals surface area (Å²) in [4.78, 5) is 14.9. The molecule has 0 spiro atoms. The van der Waals surface area contributed by atoms with E-state index < -0.39 is 5.54 Å². The molecule has 4 nitrogen and oxygen atoms in total. The third kappa shape index (κ3) is 4.14. The van der Waals surface area contributed by atoms with Crippen molar-refractivity contribution in [3.63, 3.8) is 0 Å². The molecule has 1 unspecified atom stereocenters. The molecule has 1 aromatic rings. The molecular weight excluding hydrogens is 307 g/mol. The minimum atomic E-state index is -0.401. The summed E-state index contributed by atoms with van der Waals surface area (Å²) in [5.41, 5.74) is 0.542. The van der Waals surface area contributed by atoms with Gasteiger partial charge in [0.15, 0.2) is 0 Å². The van der Waals surface area contributed by atoms with Crippen LogP contribution in [0.5, 0.6) is 0 Å². The Morgan fingerprint density at radius 3 is 2.83 bits per heavy atom. The van der Waals surface area contributed by atoms with Crippen molar-refractivity contribution in [1.29, 1.82) is 0 Å². The van der Waals surface area contributed by atoms with E-state index in [0.717, 1.165) is 50.6 Å². The van der Waals surface area contributed by atoms with E-state index >= 15 is 0 Å². The Bertz CT molecular complexity index is 572. The lowest BCUT2D eigenvalue weighted by Gasteiger charge is -2.35. The molecule has 1 aliphatic heterocycles. The Hall–Kier alpha value is -1.46. The number of piperidine rings is 1. The summed E-state index contributed by atoms with van der Waals surface area (Å²) >= 11 is 0. The molecule has 0 radical (unpaired) electrons. The van der Waals surface area contributed by atoms with E-state index in [-0.39, 0.29) is 24.2 Å². The number of halogens is 1. The largest absolute Gasteiger partial charge is 0.394 e. The van der Waals surface area contributed by atoms with Gasteiger partial charge in [-0.15, -0.1) is 0 Å². The van der Waals surface area contributed by atoms with Gasteiger partial charge in [0.05, 0.1) is 18.1 Å². The molecule has 2 fully saturated rings. The predicted molar refractivity (Wildman–Crippen MR) is 90.8 cm³/mol. The van der Waals surface area contributed by atoms with Gasteiger partial charge in [0.2, 0.25) is 5.91 Å². The standard InChI is InChI=1S/C19H27FN2O2/c20-17-7-3-5-15(11-17)12-22-10-4-6-16(13-22)18(24)21-19(14-23)8-1-2-9-19/h3,5,7,11,16,23H,1-2,4,6,8-10,12-14H2,(H,21,24). The van der Waals surface area contributed by atoms with E-state index in [1.165, 1.54) is 6.07 Å². The molecule has 0 bridgehead atoms. The number of carbonyl (C=O) groups excluding carboxylic acids is 1. The predicted octanol–water partition coefficient (Wildman–Crippen LogP) is 2.46. The maximum absolute atomic E-state index is 13.3. The van der Waals surface area contributed by atoms with Crippen LogP contribution >= 0.6 is 0 Å². The fraction of sp³-hybridized carbons (Fsp3) is 0.632. The Morgan fingerprint density at radius 2 is 2.12 bits per heavy atom. The number of benzene rings is 1. The Kier molecular flexibility index (Phi) is 5.51. The highest BCUT2D eigenvalue weighted by molar-refractivity contribution is 5.79. The van der Waals surface area contributed by atoms with Gasteiger partial charge in [-0.1, -0.05) is 25.0 Å². The van der Waals surface area contributed by atoms with E-state index in [4.69, 9.17) is 0 Å². The first-order valence-electron chi connectivity index (χ1n) is 9.00. The van der Waals surface area contributed by atoms with Crippen LogP contribution in [0.2, 0.25) is 0 Å². The highest BCUT2D eigenvalue weighted by Crippen LogP contribution is 2.30. The van der Waals surface area contributed by atoms with Crippen LogP contribution in [0.25, 0.3) is 0 Å². The summed E-state index contributed by atoms with van der Waals surface area (Å²) in [6.45, 7) is 2.33. The van der Waals surface area contributed by atoms with Crippen LogP contribution in [0.15, 0.2) is 24.3 Å². The van der Waals surface area contributed by atoms with Gasteiger partial charge in [0.25, 0.3) is 0 Å². The smallest absolute Gasteiger partial charge is 0.224 e. The van der Waals surface area contributed by atoms with Crippen LogP contribution in [0.4, 0.5) is 4.39 Å². The fourth-order valence-electron chi connectivity index (χ4n) is 4.04. The maximum Gasteiger partial charge on any atom is 0.224 e. The van der Waals surface area contributed by atoms with Crippen LogP contribution in [-0.4, -0.2) is 41.1 Å². The zero-order valence-corrected chi connectivity index (χ0v) is 14.1. The van der Waals surface area contributed by atoms with Crippen molar-refractivity contribution in [1.82, 2.24) is 10.2 Å². The van der Waals surface area contributed by atoms with Crippen LogP contribution in [0.3, 0.4) is 0 Å². The number of aliphatic hydroxyl groups excluding tert-OH is 1. The Labute approximate surface area is 143 Å². The van der Waals surface area contributed by atoms with Gasteiger partial charge < -0.3 is 10.4 Å². The number of hydrogen-bond acceptors (Lipinski definition) is 3. The molecule has 2 aliphatic rings. The SMILES string of the molecule is O=C(NC1(CO)CCCC1)C1CCCN(Cc2cccc(F)c2)C1. The van der Waals surface area contributed by atoms with Gasteiger partial charge in [-0.25, -0.2) is 4.39 Å². The molecule has 1 saturated carbocycles. The fourth-order valence-corrected chi connectivity index (χ4v) is 4.04. The van der Waals surface area contributed by atoms with E-state index in [9.17, 15) is 14.3 Å². The second kappa shape index (κ2) is 7.62. The topological polar surface area (TPSA) is 52.6 Å². The number of carbonyl (C=O) groups is 1. The molecule has 24 heavy (non-hydrogen) atoms. The third-order valence-corrected chi connectivity index (χ3v) is 5.42. The van der Waals surface area contributed by atoms with Gasteiger partial charge in [-0.3, -0.25) is 9.69 Å². The first kappa shape index (κ1) is 17.4. The van der Waals surface area contributed by atoms with Gasteiger partial charge in [-0.2, -0.15) is 0 Å². The average Bonchev–Trinajstić information content (AvgIpc) is 3.04. The van der Waals surface area contributed by atoms with Crippen molar-refractivity contribution in [2.24, 2.45) is 5.92 Å². The van der Waals surface area contributed by atoms with Crippen LogP contribution in [-0.2, 0) is 11.3 Å². The number of likely N-dealkylation sites (tertiary alicyclic amines) is 1. The third-order valence-electron chi connectivity index (χ3n) is 5.42. The highest BCUT2D eigenvalue weighted by Gasteiger charge is 2.37. The quantitative estimate of drug-likeness (QED) is 0.870. The Morgan fingerprint density at radius 1 is 1.33 bits per heavy atom. The zero-order valence-electron chi connectivity index (χ0n) is 14.1. The lowest BCUT2D eigenvalue weighted by Crippen LogP contribution is -2.53. The number of aliphatic hydroxyl groups is 1. The van der Waals surface area contributed by atoms with Gasteiger partial charge in [-0.05, 0) is 49.9 Å². The molecule has 1 heterocycles. The molecule has 1 aromatic carbocycles. The lowest BCUT2D eigenvalue weighted by molar-refractivity contribution is -0.129. The molecule has 1 amide bonds. The number of hydrogen-bond donors (Lipinski definition) is 2. The molecule has 1 saturated heterocycles. The van der Waals surface area contributed by atoms with Crippen LogP contribution in [0.1, 0.15) is 44.1 Å². The molecule has 0 aromatic heterocycles. The minimum absolute atomic E-state index is 0.0263. The van der Waals surface area contributed by atoms with Crippen molar-refractivity contribution in [2.45, 2.75) is 50.6 Å². The molecular formula is C19H27FN2O2. The van der Waals surface area contributed by atoms with E-state index in [1.54, 1.807) is 12.1 Å². The number of amides is 1. The van der Waals surface area contributed by atoms with Crippen molar-refractivity contribution in [3.05, 3.63) is 35.6 Å². The summed E-state index contributed by atoms with van der Waals surface area (Å²) in [5.74, 6) is -0.198. The summed E-state index contributed by atoms with van der Waals surface area (Å²) in [6, 6.07) is 6.66. The summed E-state index contributed by atoms with van der Waals surface area (Å²) < 4.78 is 13.3. The summed E-state index contributed by atoms with van der Waals surface area (Å²) in [6.07, 6.45) is 5.73. The van der Waals surface area contributed by atoms with Crippen molar-refractivity contribution < 1.29 is 14.3 Å². The lowest BCUT2D eigenvalue weighted by atomic mass is 9.93. The molecule has 2 N–H and O–H groups in total. The second-order valence-electron chi connectivity index (χ2n) is 7.34. The van der Waals surface area contributed by atoms with E-state index in [2.05, 4.69) is 10.2 Å². The molecule has 3 rings (SSSR count). The first-order valence-corrected chi connectivity index (χ1v) is 9.00. The van der Waals surface area contributed by atoms with Gasteiger partial charge in [0.1, 0.15) is 5.82 Å². The van der Waals surface area contributed by atoms with Crippen molar-refractivity contribution in [3.8, 4) is 0 Å². The second-order valence-corrected chi connectivity index (χ2v) is 7.34. The van der Waals surface area contributed by atoms with E-state index in [1.807, 2.05) is 6.07 Å².